The van der Waals surface area contributed by atoms with E-state index in [1.54, 1.807) is 18.3 Å². The molecule has 0 amide bonds. The maximum atomic E-state index is 14.4. The number of pyridine rings is 1. The van der Waals surface area contributed by atoms with Crippen molar-refractivity contribution in [2.75, 3.05) is 31.6 Å². The monoisotopic (exact) mass is 373 g/mol. The number of benzene rings is 1. The molecule has 0 aliphatic carbocycles. The van der Waals surface area contributed by atoms with Gasteiger partial charge in [-0.25, -0.2) is 0 Å². The maximum absolute atomic E-state index is 14.4. The van der Waals surface area contributed by atoms with Crippen LogP contribution in [-0.2, 0) is 6.54 Å². The molecule has 1 aromatic carbocycles. The minimum Gasteiger partial charge on any atom is -0.491 e. The van der Waals surface area contributed by atoms with Gasteiger partial charge in [0.25, 0.3) is 0 Å². The zero-order valence-corrected chi connectivity index (χ0v) is 16.1. The lowest BCUT2D eigenvalue weighted by atomic mass is 10.0. The summed E-state index contributed by atoms with van der Waals surface area (Å²) in [4.78, 5) is 6.54. The van der Waals surface area contributed by atoms with Gasteiger partial charge in [-0.3, -0.25) is 9.88 Å². The first-order chi connectivity index (χ1) is 13.2. The molecule has 27 heavy (non-hydrogen) atoms. The predicted octanol–water partition coefficient (Wildman–Crippen LogP) is 4.09. The summed E-state index contributed by atoms with van der Waals surface area (Å²) >= 11 is 0. The van der Waals surface area contributed by atoms with Gasteiger partial charge in [0.1, 0.15) is 0 Å². The summed E-state index contributed by atoms with van der Waals surface area (Å²) in [6.45, 7) is 7.31. The van der Waals surface area contributed by atoms with Crippen molar-refractivity contribution in [1.82, 2.24) is 9.88 Å². The molecule has 1 saturated heterocycles. The van der Waals surface area contributed by atoms with Crippen molar-refractivity contribution < 1.29 is 13.9 Å². The van der Waals surface area contributed by atoms with Gasteiger partial charge < -0.3 is 14.8 Å². The topological polar surface area (TPSA) is 46.6 Å². The normalized spacial score (nSPS) is 15.5. The molecule has 1 aliphatic rings. The Kier molecular flexibility index (Phi) is 6.87. The zero-order chi connectivity index (χ0) is 19.1. The van der Waals surface area contributed by atoms with Crippen molar-refractivity contribution in [1.29, 1.82) is 0 Å². The smallest absolute Gasteiger partial charge is 0.206 e. The number of hydrogen-bond donors (Lipinski definition) is 1. The third-order valence-corrected chi connectivity index (χ3v) is 4.69. The van der Waals surface area contributed by atoms with Crippen LogP contribution >= 0.6 is 0 Å². The molecule has 146 valence electrons. The minimum absolute atomic E-state index is 0.270. The highest BCUT2D eigenvalue weighted by molar-refractivity contribution is 5.41. The fourth-order valence-electron chi connectivity index (χ4n) is 3.42. The molecule has 2 heterocycles. The average Bonchev–Trinajstić information content (AvgIpc) is 2.68. The number of rotatable bonds is 8. The van der Waals surface area contributed by atoms with Gasteiger partial charge in [-0.2, -0.15) is 4.39 Å². The van der Waals surface area contributed by atoms with Crippen molar-refractivity contribution in [3.63, 3.8) is 0 Å². The van der Waals surface area contributed by atoms with Crippen LogP contribution in [-0.4, -0.2) is 42.2 Å². The van der Waals surface area contributed by atoms with Gasteiger partial charge in [0, 0.05) is 38.1 Å². The SMILES string of the molecule is CCOc1cc(CN2CCC(Nc3cccnc3)CC2)cc(OCC)c1F. The van der Waals surface area contributed by atoms with Gasteiger partial charge in [0.2, 0.25) is 5.82 Å². The van der Waals surface area contributed by atoms with Crippen LogP contribution in [0.4, 0.5) is 10.1 Å². The highest BCUT2D eigenvalue weighted by Crippen LogP contribution is 2.30. The summed E-state index contributed by atoms with van der Waals surface area (Å²) in [7, 11) is 0. The molecule has 1 aromatic heterocycles. The number of halogens is 1. The molecule has 0 radical (unpaired) electrons. The van der Waals surface area contributed by atoms with E-state index < -0.39 is 5.82 Å². The van der Waals surface area contributed by atoms with Crippen LogP contribution in [0.1, 0.15) is 32.3 Å². The fraction of sp³-hybridized carbons (Fsp3) is 0.476. The summed E-state index contributed by atoms with van der Waals surface area (Å²) in [5, 5.41) is 3.55. The number of nitrogens with one attached hydrogen (secondary N) is 1. The molecule has 3 rings (SSSR count). The molecule has 1 aliphatic heterocycles. The molecule has 6 heteroatoms. The Morgan fingerprint density at radius 2 is 1.81 bits per heavy atom. The van der Waals surface area contributed by atoms with Crippen molar-refractivity contribution in [3.8, 4) is 11.5 Å². The first-order valence-corrected chi connectivity index (χ1v) is 9.66. The third kappa shape index (κ3) is 5.32. The van der Waals surface area contributed by atoms with Gasteiger partial charge >= 0.3 is 0 Å². The van der Waals surface area contributed by atoms with E-state index in [1.165, 1.54) is 0 Å². The van der Waals surface area contributed by atoms with E-state index in [2.05, 4.69) is 15.2 Å². The van der Waals surface area contributed by atoms with Gasteiger partial charge in [-0.1, -0.05) is 0 Å². The fourth-order valence-corrected chi connectivity index (χ4v) is 3.42. The van der Waals surface area contributed by atoms with Gasteiger partial charge in [0.15, 0.2) is 11.5 Å². The molecule has 0 saturated carbocycles. The molecular formula is C21H28FN3O2. The minimum atomic E-state index is -0.415. The molecule has 0 atom stereocenters. The standard InChI is InChI=1S/C21H28FN3O2/c1-3-26-19-12-16(13-20(21(19)22)27-4-2)15-25-10-7-17(8-11-25)24-18-6-5-9-23-14-18/h5-6,9,12-14,17,24H,3-4,7-8,10-11,15H2,1-2H3. The van der Waals surface area contributed by atoms with E-state index in [9.17, 15) is 4.39 Å². The summed E-state index contributed by atoms with van der Waals surface area (Å²) in [6.07, 6.45) is 5.76. The largest absolute Gasteiger partial charge is 0.491 e. The Bertz CT molecular complexity index is 692. The Morgan fingerprint density at radius 1 is 1.15 bits per heavy atom. The second-order valence-corrected chi connectivity index (χ2v) is 6.71. The first kappa shape index (κ1) is 19.4. The van der Waals surface area contributed by atoms with Crippen LogP contribution < -0.4 is 14.8 Å². The predicted molar refractivity (Wildman–Crippen MR) is 105 cm³/mol. The lowest BCUT2D eigenvalue weighted by molar-refractivity contribution is 0.210. The lowest BCUT2D eigenvalue weighted by Crippen LogP contribution is -2.38. The van der Waals surface area contributed by atoms with Crippen LogP contribution in [0.25, 0.3) is 0 Å². The van der Waals surface area contributed by atoms with Crippen LogP contribution in [0.5, 0.6) is 11.5 Å². The van der Waals surface area contributed by atoms with E-state index in [1.807, 2.05) is 32.2 Å². The number of aromatic nitrogens is 1. The Morgan fingerprint density at radius 3 is 2.37 bits per heavy atom. The highest BCUT2D eigenvalue weighted by Gasteiger charge is 2.21. The van der Waals surface area contributed by atoms with E-state index in [4.69, 9.17) is 9.47 Å². The Labute approximate surface area is 160 Å². The summed E-state index contributed by atoms with van der Waals surface area (Å²) in [5.41, 5.74) is 2.08. The van der Waals surface area contributed by atoms with Crippen molar-refractivity contribution in [3.05, 3.63) is 48.0 Å². The van der Waals surface area contributed by atoms with E-state index >= 15 is 0 Å². The molecule has 0 spiro atoms. The number of anilines is 1. The van der Waals surface area contributed by atoms with Crippen LogP contribution in [0.3, 0.4) is 0 Å². The molecular weight excluding hydrogens is 345 g/mol. The number of hydrogen-bond acceptors (Lipinski definition) is 5. The zero-order valence-electron chi connectivity index (χ0n) is 16.1. The van der Waals surface area contributed by atoms with Crippen molar-refractivity contribution in [2.24, 2.45) is 0 Å². The van der Waals surface area contributed by atoms with E-state index in [0.717, 1.165) is 43.7 Å². The van der Waals surface area contributed by atoms with Crippen LogP contribution in [0.2, 0.25) is 0 Å². The summed E-state index contributed by atoms with van der Waals surface area (Å²) in [5.74, 6) is 0.125. The average molecular weight is 373 g/mol. The van der Waals surface area contributed by atoms with Crippen LogP contribution in [0, 0.1) is 5.82 Å². The number of piperidine rings is 1. The Balaban J connectivity index is 1.59. The third-order valence-electron chi connectivity index (χ3n) is 4.69. The van der Waals surface area contributed by atoms with Gasteiger partial charge in [0.05, 0.1) is 18.9 Å². The second-order valence-electron chi connectivity index (χ2n) is 6.71. The summed E-state index contributed by atoms with van der Waals surface area (Å²) < 4.78 is 25.3. The molecule has 5 nitrogen and oxygen atoms in total. The first-order valence-electron chi connectivity index (χ1n) is 9.66. The van der Waals surface area contributed by atoms with Gasteiger partial charge in [-0.05, 0) is 56.5 Å². The quantitative estimate of drug-likeness (QED) is 0.755. The number of nitrogens with zero attached hydrogens (tertiary/aromatic N) is 2. The molecule has 0 bridgehead atoms. The molecule has 1 fully saturated rings. The van der Waals surface area contributed by atoms with Crippen LogP contribution in [0.15, 0.2) is 36.7 Å². The highest BCUT2D eigenvalue weighted by atomic mass is 19.1. The lowest BCUT2D eigenvalue weighted by Gasteiger charge is -2.33. The van der Waals surface area contributed by atoms with Gasteiger partial charge in [-0.15, -0.1) is 0 Å². The van der Waals surface area contributed by atoms with Crippen molar-refractivity contribution >= 4 is 5.69 Å². The Hall–Kier alpha value is -2.34. The number of likely N-dealkylation sites (tertiary alicyclic amines) is 1. The maximum Gasteiger partial charge on any atom is 0.206 e. The van der Waals surface area contributed by atoms with E-state index in [0.29, 0.717) is 19.3 Å². The number of ether oxygens (including phenoxy) is 2. The van der Waals surface area contributed by atoms with Crippen molar-refractivity contribution in [2.45, 2.75) is 39.3 Å². The molecule has 0 unspecified atom stereocenters. The van der Waals surface area contributed by atoms with E-state index in [-0.39, 0.29) is 11.5 Å². The summed E-state index contributed by atoms with van der Waals surface area (Å²) in [6, 6.07) is 8.03. The second kappa shape index (κ2) is 9.55. The molecule has 1 N–H and O–H groups in total. The molecule has 2 aromatic rings.